The SMILES string of the molecule is COc1ccc(S(=O)(=O)NCCC(C)C)cc1C(=O)NC(C)C. The Morgan fingerprint density at radius 3 is 2.39 bits per heavy atom. The summed E-state index contributed by atoms with van der Waals surface area (Å²) in [6, 6.07) is 4.21. The van der Waals surface area contributed by atoms with Gasteiger partial charge < -0.3 is 10.1 Å². The van der Waals surface area contributed by atoms with Crippen molar-refractivity contribution in [2.24, 2.45) is 5.92 Å². The number of hydrogen-bond acceptors (Lipinski definition) is 4. The molecule has 2 N–H and O–H groups in total. The van der Waals surface area contributed by atoms with Crippen LogP contribution in [-0.2, 0) is 10.0 Å². The highest BCUT2D eigenvalue weighted by Crippen LogP contribution is 2.22. The fraction of sp³-hybridized carbons (Fsp3) is 0.562. The fourth-order valence-electron chi connectivity index (χ4n) is 1.94. The summed E-state index contributed by atoms with van der Waals surface area (Å²) >= 11 is 0. The summed E-state index contributed by atoms with van der Waals surface area (Å²) in [4.78, 5) is 12.3. The molecule has 0 bridgehead atoms. The highest BCUT2D eigenvalue weighted by atomic mass is 32.2. The first kappa shape index (κ1) is 19.4. The molecule has 0 aliphatic carbocycles. The molecule has 6 nitrogen and oxygen atoms in total. The minimum atomic E-state index is -3.65. The molecule has 7 heteroatoms. The van der Waals surface area contributed by atoms with Crippen LogP contribution in [0.2, 0.25) is 0 Å². The van der Waals surface area contributed by atoms with Crippen LogP contribution < -0.4 is 14.8 Å². The number of benzene rings is 1. The Hall–Kier alpha value is -1.60. The molecule has 0 radical (unpaired) electrons. The maximum atomic E-state index is 12.3. The van der Waals surface area contributed by atoms with Crippen LogP contribution in [0.4, 0.5) is 0 Å². The molecule has 1 rings (SSSR count). The Balaban J connectivity index is 3.07. The second kappa shape index (κ2) is 8.31. The van der Waals surface area contributed by atoms with Crippen molar-refractivity contribution >= 4 is 15.9 Å². The predicted molar refractivity (Wildman–Crippen MR) is 90.2 cm³/mol. The van der Waals surface area contributed by atoms with Crippen molar-refractivity contribution in [3.63, 3.8) is 0 Å². The second-order valence-corrected chi connectivity index (χ2v) is 7.84. The molecular formula is C16H26N2O4S. The van der Waals surface area contributed by atoms with E-state index in [-0.39, 0.29) is 22.4 Å². The normalized spacial score (nSPS) is 11.8. The van der Waals surface area contributed by atoms with E-state index in [1.165, 1.54) is 25.3 Å². The molecule has 0 aliphatic rings. The molecule has 0 saturated heterocycles. The molecule has 0 heterocycles. The minimum Gasteiger partial charge on any atom is -0.496 e. The van der Waals surface area contributed by atoms with Crippen LogP contribution >= 0.6 is 0 Å². The zero-order valence-electron chi connectivity index (χ0n) is 14.3. The third-order valence-electron chi connectivity index (χ3n) is 3.16. The van der Waals surface area contributed by atoms with E-state index in [1.54, 1.807) is 0 Å². The predicted octanol–water partition coefficient (Wildman–Crippen LogP) is 2.16. The van der Waals surface area contributed by atoms with Gasteiger partial charge in [0.2, 0.25) is 10.0 Å². The summed E-state index contributed by atoms with van der Waals surface area (Å²) in [7, 11) is -2.21. The van der Waals surface area contributed by atoms with Gasteiger partial charge in [-0.1, -0.05) is 13.8 Å². The Bertz CT molecular complexity index is 639. The molecule has 0 atom stereocenters. The van der Waals surface area contributed by atoms with Crippen molar-refractivity contribution in [1.29, 1.82) is 0 Å². The molecule has 130 valence electrons. The summed E-state index contributed by atoms with van der Waals surface area (Å²) in [5.74, 6) is 0.376. The maximum Gasteiger partial charge on any atom is 0.255 e. The van der Waals surface area contributed by atoms with Gasteiger partial charge in [-0.2, -0.15) is 0 Å². The molecule has 0 saturated carbocycles. The van der Waals surface area contributed by atoms with Crippen LogP contribution in [0.3, 0.4) is 0 Å². The first-order valence-electron chi connectivity index (χ1n) is 7.66. The van der Waals surface area contributed by atoms with Crippen molar-refractivity contribution in [1.82, 2.24) is 10.0 Å². The van der Waals surface area contributed by atoms with E-state index in [9.17, 15) is 13.2 Å². The Morgan fingerprint density at radius 1 is 1.22 bits per heavy atom. The van der Waals surface area contributed by atoms with Crippen molar-refractivity contribution in [3.05, 3.63) is 23.8 Å². The second-order valence-electron chi connectivity index (χ2n) is 6.07. The average Bonchev–Trinajstić information content (AvgIpc) is 2.45. The van der Waals surface area contributed by atoms with Crippen molar-refractivity contribution in [3.8, 4) is 5.75 Å². The van der Waals surface area contributed by atoms with Gasteiger partial charge in [0.25, 0.3) is 5.91 Å². The van der Waals surface area contributed by atoms with Crippen LogP contribution in [-0.4, -0.2) is 34.0 Å². The first-order chi connectivity index (χ1) is 10.7. The number of sulfonamides is 1. The van der Waals surface area contributed by atoms with Crippen LogP contribution in [0.25, 0.3) is 0 Å². The molecule has 0 aromatic heterocycles. The van der Waals surface area contributed by atoms with Gasteiger partial charge in [0, 0.05) is 12.6 Å². The van der Waals surface area contributed by atoms with E-state index in [1.807, 2.05) is 27.7 Å². The summed E-state index contributed by atoms with van der Waals surface area (Å²) in [6.07, 6.45) is 0.746. The van der Waals surface area contributed by atoms with Crippen molar-refractivity contribution < 1.29 is 17.9 Å². The molecular weight excluding hydrogens is 316 g/mol. The van der Waals surface area contributed by atoms with E-state index in [0.29, 0.717) is 18.2 Å². The number of nitrogens with one attached hydrogen (secondary N) is 2. The summed E-state index contributed by atoms with van der Waals surface area (Å²) in [6.45, 7) is 8.07. The number of amides is 1. The summed E-state index contributed by atoms with van der Waals surface area (Å²) in [5.41, 5.74) is 0.202. The molecule has 0 fully saturated rings. The molecule has 1 aromatic rings. The van der Waals surface area contributed by atoms with Crippen molar-refractivity contribution in [2.75, 3.05) is 13.7 Å². The van der Waals surface area contributed by atoms with Crippen LogP contribution in [0, 0.1) is 5.92 Å². The highest BCUT2D eigenvalue weighted by Gasteiger charge is 2.20. The third kappa shape index (κ3) is 5.84. The molecule has 23 heavy (non-hydrogen) atoms. The largest absolute Gasteiger partial charge is 0.496 e. The van der Waals surface area contributed by atoms with E-state index in [0.717, 1.165) is 6.42 Å². The summed E-state index contributed by atoms with van der Waals surface area (Å²) in [5, 5.41) is 2.74. The van der Waals surface area contributed by atoms with Crippen LogP contribution in [0.15, 0.2) is 23.1 Å². The van der Waals surface area contributed by atoms with Crippen molar-refractivity contribution in [2.45, 2.75) is 45.1 Å². The zero-order valence-corrected chi connectivity index (χ0v) is 15.2. The number of hydrogen-bond donors (Lipinski definition) is 2. The lowest BCUT2D eigenvalue weighted by molar-refractivity contribution is 0.0940. The van der Waals surface area contributed by atoms with Gasteiger partial charge in [-0.05, 0) is 44.4 Å². The number of methoxy groups -OCH3 is 1. The number of carbonyl (C=O) groups is 1. The molecule has 0 aliphatic heterocycles. The molecule has 0 unspecified atom stereocenters. The van der Waals surface area contributed by atoms with Gasteiger partial charge in [0.1, 0.15) is 5.75 Å². The van der Waals surface area contributed by atoms with E-state index in [2.05, 4.69) is 10.0 Å². The van der Waals surface area contributed by atoms with E-state index >= 15 is 0 Å². The molecule has 0 spiro atoms. The lowest BCUT2D eigenvalue weighted by atomic mass is 10.1. The quantitative estimate of drug-likeness (QED) is 0.758. The van der Waals surface area contributed by atoms with Gasteiger partial charge in [0.15, 0.2) is 0 Å². The van der Waals surface area contributed by atoms with Crippen LogP contribution in [0.5, 0.6) is 5.75 Å². The standard InChI is InChI=1S/C16H26N2O4S/c1-11(2)8-9-17-23(20,21)13-6-7-15(22-5)14(10-13)16(19)18-12(3)4/h6-7,10-12,17H,8-9H2,1-5H3,(H,18,19). The average molecular weight is 342 g/mol. The Labute approximate surface area is 138 Å². The maximum absolute atomic E-state index is 12.3. The third-order valence-corrected chi connectivity index (χ3v) is 4.62. The van der Waals surface area contributed by atoms with Gasteiger partial charge in [-0.15, -0.1) is 0 Å². The fourth-order valence-corrected chi connectivity index (χ4v) is 3.01. The van der Waals surface area contributed by atoms with Gasteiger partial charge in [-0.3, -0.25) is 4.79 Å². The van der Waals surface area contributed by atoms with Gasteiger partial charge >= 0.3 is 0 Å². The van der Waals surface area contributed by atoms with Gasteiger partial charge in [0.05, 0.1) is 17.6 Å². The smallest absolute Gasteiger partial charge is 0.255 e. The number of ether oxygens (including phenoxy) is 1. The lowest BCUT2D eigenvalue weighted by Crippen LogP contribution is -2.31. The van der Waals surface area contributed by atoms with E-state index in [4.69, 9.17) is 4.74 Å². The summed E-state index contributed by atoms with van der Waals surface area (Å²) < 4.78 is 32.4. The number of carbonyl (C=O) groups excluding carboxylic acids is 1. The molecule has 1 amide bonds. The highest BCUT2D eigenvalue weighted by molar-refractivity contribution is 7.89. The first-order valence-corrected chi connectivity index (χ1v) is 9.14. The minimum absolute atomic E-state index is 0.0518. The molecule has 1 aromatic carbocycles. The van der Waals surface area contributed by atoms with Gasteiger partial charge in [-0.25, -0.2) is 13.1 Å². The Morgan fingerprint density at radius 2 is 1.87 bits per heavy atom. The zero-order chi connectivity index (χ0) is 17.6. The Kier molecular flexibility index (Phi) is 7.02. The number of rotatable bonds is 8. The lowest BCUT2D eigenvalue weighted by Gasteiger charge is -2.14. The van der Waals surface area contributed by atoms with Crippen LogP contribution in [0.1, 0.15) is 44.5 Å². The monoisotopic (exact) mass is 342 g/mol. The topological polar surface area (TPSA) is 84.5 Å². The van der Waals surface area contributed by atoms with E-state index < -0.39 is 10.0 Å².